The minimum atomic E-state index is -4.03. The van der Waals surface area contributed by atoms with Gasteiger partial charge in [-0.25, -0.2) is 10.2 Å². The second kappa shape index (κ2) is 14.4. The molecule has 8 nitrogen and oxygen atoms in total. The fourth-order valence-corrected chi connectivity index (χ4v) is 5.27. The average molecular weight is 525 g/mol. The second-order valence-corrected chi connectivity index (χ2v) is 10.6. The first-order chi connectivity index (χ1) is 16.6. The molecule has 0 aliphatic carbocycles. The zero-order chi connectivity index (χ0) is 25.8. The smallest absolute Gasteiger partial charge is 0.343 e. The van der Waals surface area contributed by atoms with E-state index in [9.17, 15) is 14.2 Å². The van der Waals surface area contributed by atoms with Gasteiger partial charge in [-0.3, -0.25) is 18.7 Å². The summed E-state index contributed by atoms with van der Waals surface area (Å²) < 4.78 is 30.0. The Kier molecular flexibility index (Phi) is 11.9. The van der Waals surface area contributed by atoms with Gasteiger partial charge in [-0.05, 0) is 51.7 Å². The van der Waals surface area contributed by atoms with Crippen LogP contribution >= 0.6 is 19.3 Å². The summed E-state index contributed by atoms with van der Waals surface area (Å²) in [4.78, 5) is 25.8. The zero-order valence-electron chi connectivity index (χ0n) is 20.5. The molecule has 2 aromatic carbocycles. The van der Waals surface area contributed by atoms with Crippen molar-refractivity contribution in [1.29, 1.82) is 0 Å². The van der Waals surface area contributed by atoms with Gasteiger partial charge in [-0.15, -0.1) is 0 Å². The van der Waals surface area contributed by atoms with E-state index in [1.165, 1.54) is 0 Å². The van der Waals surface area contributed by atoms with Crippen molar-refractivity contribution in [2.24, 2.45) is 0 Å². The van der Waals surface area contributed by atoms with Crippen molar-refractivity contribution >= 4 is 31.2 Å². The normalized spacial score (nSPS) is 13.5. The molecule has 0 aliphatic heterocycles. The number of alkyl halides is 1. The summed E-state index contributed by atoms with van der Waals surface area (Å²) in [6, 6.07) is 15.9. The second-order valence-electron chi connectivity index (χ2n) is 8.50. The molecule has 0 aliphatic rings. The molecule has 0 saturated carbocycles. The van der Waals surface area contributed by atoms with E-state index in [1.807, 2.05) is 60.7 Å². The van der Waals surface area contributed by atoms with E-state index < -0.39 is 37.8 Å². The standard InChI is InChI=1S/C25H34ClN2O6P/c1-18(2)33-24(29)22(15-20-11-7-5-8-12-20)27-35(31,32-17-26)28-23(25(30)34-19(3)4)16-21-13-9-6-10-14-21/h5-14,18-19,22-23H,15-17H2,1-4H3,(H2,27,28,31)/t22-,23-/m0/s1. The molecule has 0 spiro atoms. The van der Waals surface area contributed by atoms with Gasteiger partial charge in [-0.1, -0.05) is 72.3 Å². The van der Waals surface area contributed by atoms with E-state index in [-0.39, 0.29) is 25.0 Å². The van der Waals surface area contributed by atoms with Crippen LogP contribution in [0.2, 0.25) is 0 Å². The van der Waals surface area contributed by atoms with E-state index in [0.717, 1.165) is 11.1 Å². The van der Waals surface area contributed by atoms with E-state index in [1.54, 1.807) is 27.7 Å². The lowest BCUT2D eigenvalue weighted by atomic mass is 10.1. The predicted octanol–water partition coefficient (Wildman–Crippen LogP) is 4.61. The van der Waals surface area contributed by atoms with Crippen LogP contribution in [0.15, 0.2) is 60.7 Å². The van der Waals surface area contributed by atoms with Crippen molar-refractivity contribution < 1.29 is 28.2 Å². The molecular formula is C25H34ClN2O6P. The molecular weight excluding hydrogens is 491 g/mol. The maximum atomic E-state index is 13.9. The maximum absolute atomic E-state index is 13.9. The summed E-state index contributed by atoms with van der Waals surface area (Å²) in [6.45, 7) is 6.90. The Morgan fingerprint density at radius 3 is 1.46 bits per heavy atom. The first kappa shape index (κ1) is 29.0. The van der Waals surface area contributed by atoms with Crippen LogP contribution in [0.25, 0.3) is 0 Å². The predicted molar refractivity (Wildman–Crippen MR) is 136 cm³/mol. The topological polar surface area (TPSA) is 103 Å². The van der Waals surface area contributed by atoms with Gasteiger partial charge in [0.15, 0.2) is 0 Å². The lowest BCUT2D eigenvalue weighted by Crippen LogP contribution is -2.46. The number of esters is 2. The van der Waals surface area contributed by atoms with E-state index >= 15 is 0 Å². The van der Waals surface area contributed by atoms with Crippen LogP contribution in [0.1, 0.15) is 38.8 Å². The minimum Gasteiger partial charge on any atom is -0.462 e. The van der Waals surface area contributed by atoms with Gasteiger partial charge in [0.2, 0.25) is 0 Å². The van der Waals surface area contributed by atoms with Crippen LogP contribution in [0.3, 0.4) is 0 Å². The van der Waals surface area contributed by atoms with Crippen molar-refractivity contribution in [3.8, 4) is 0 Å². The third-order valence-electron chi connectivity index (χ3n) is 4.72. The number of hydrogen-bond acceptors (Lipinski definition) is 6. The third kappa shape index (κ3) is 10.5. The Bertz CT molecular complexity index is 901. The number of ether oxygens (including phenoxy) is 2. The highest BCUT2D eigenvalue weighted by Gasteiger charge is 2.37. The number of nitrogens with one attached hydrogen (secondary N) is 2. The fraction of sp³-hybridized carbons (Fsp3) is 0.440. The third-order valence-corrected chi connectivity index (χ3v) is 6.78. The van der Waals surface area contributed by atoms with Gasteiger partial charge in [-0.2, -0.15) is 0 Å². The fourth-order valence-electron chi connectivity index (χ4n) is 3.28. The summed E-state index contributed by atoms with van der Waals surface area (Å²) >= 11 is 5.79. The first-order valence-corrected chi connectivity index (χ1v) is 13.6. The molecule has 0 heterocycles. The van der Waals surface area contributed by atoms with Crippen LogP contribution in [0.4, 0.5) is 0 Å². The number of hydrogen-bond donors (Lipinski definition) is 2. The SMILES string of the molecule is CC(C)OC(=O)[C@H](Cc1ccccc1)NP(=O)(N[C@@H](Cc1ccccc1)C(=O)OC(C)C)OCCl. The van der Waals surface area contributed by atoms with Crippen molar-refractivity contribution in [2.45, 2.75) is 64.8 Å². The van der Waals surface area contributed by atoms with Crippen LogP contribution in [0.5, 0.6) is 0 Å². The van der Waals surface area contributed by atoms with Crippen molar-refractivity contribution in [3.05, 3.63) is 71.8 Å². The summed E-state index contributed by atoms with van der Waals surface area (Å²) in [5.74, 6) is -1.21. The lowest BCUT2D eigenvalue weighted by Gasteiger charge is -2.28. The zero-order valence-corrected chi connectivity index (χ0v) is 22.1. The number of benzene rings is 2. The van der Waals surface area contributed by atoms with E-state index in [0.29, 0.717) is 0 Å². The lowest BCUT2D eigenvalue weighted by molar-refractivity contribution is -0.150. The quantitative estimate of drug-likeness (QED) is 0.210. The Morgan fingerprint density at radius 1 is 0.771 bits per heavy atom. The summed E-state index contributed by atoms with van der Waals surface area (Å²) in [6.07, 6.45) is -0.390. The molecule has 2 rings (SSSR count). The molecule has 0 bridgehead atoms. The first-order valence-electron chi connectivity index (χ1n) is 11.5. The minimum absolute atomic E-state index is 0.184. The monoisotopic (exact) mass is 524 g/mol. The number of carbonyl (C=O) groups excluding carboxylic acids is 2. The molecule has 0 saturated heterocycles. The Morgan fingerprint density at radius 2 is 1.14 bits per heavy atom. The maximum Gasteiger partial charge on any atom is 0.343 e. The molecule has 192 valence electrons. The molecule has 0 fully saturated rings. The Labute approximate surface area is 212 Å². The van der Waals surface area contributed by atoms with Crippen LogP contribution in [-0.2, 0) is 41.0 Å². The molecule has 35 heavy (non-hydrogen) atoms. The Balaban J connectivity index is 2.32. The van der Waals surface area contributed by atoms with Gasteiger partial charge in [0.05, 0.1) is 12.2 Å². The molecule has 0 unspecified atom stereocenters. The Hall–Kier alpha value is -2.22. The van der Waals surface area contributed by atoms with Crippen LogP contribution in [0, 0.1) is 0 Å². The van der Waals surface area contributed by atoms with Crippen molar-refractivity contribution in [2.75, 3.05) is 6.07 Å². The van der Waals surface area contributed by atoms with Gasteiger partial charge in [0.1, 0.15) is 18.1 Å². The van der Waals surface area contributed by atoms with Crippen LogP contribution in [-0.4, -0.2) is 42.3 Å². The van der Waals surface area contributed by atoms with Crippen molar-refractivity contribution in [1.82, 2.24) is 10.2 Å². The van der Waals surface area contributed by atoms with Crippen LogP contribution < -0.4 is 10.2 Å². The summed E-state index contributed by atoms with van der Waals surface area (Å²) in [5.41, 5.74) is 1.64. The number of rotatable bonds is 14. The molecule has 2 aromatic rings. The molecule has 0 aromatic heterocycles. The molecule has 0 amide bonds. The van der Waals surface area contributed by atoms with Gasteiger partial charge in [0, 0.05) is 0 Å². The van der Waals surface area contributed by atoms with E-state index in [2.05, 4.69) is 10.2 Å². The largest absolute Gasteiger partial charge is 0.462 e. The molecule has 2 atom stereocenters. The summed E-state index contributed by atoms with van der Waals surface area (Å²) in [5, 5.41) is 5.53. The number of halogens is 1. The molecule has 0 radical (unpaired) electrons. The van der Waals surface area contributed by atoms with Gasteiger partial charge < -0.3 is 9.47 Å². The molecule has 2 N–H and O–H groups in total. The van der Waals surface area contributed by atoms with Gasteiger partial charge >= 0.3 is 19.6 Å². The van der Waals surface area contributed by atoms with Crippen molar-refractivity contribution in [3.63, 3.8) is 0 Å². The number of carbonyl (C=O) groups is 2. The molecule has 10 heteroatoms. The van der Waals surface area contributed by atoms with Gasteiger partial charge in [0.25, 0.3) is 0 Å². The highest BCUT2D eigenvalue weighted by atomic mass is 35.5. The summed E-state index contributed by atoms with van der Waals surface area (Å²) in [7, 11) is -4.03. The van der Waals surface area contributed by atoms with E-state index in [4.69, 9.17) is 25.6 Å². The average Bonchev–Trinajstić information content (AvgIpc) is 2.79. The highest BCUT2D eigenvalue weighted by molar-refractivity contribution is 7.54. The highest BCUT2D eigenvalue weighted by Crippen LogP contribution is 2.40.